The Balaban J connectivity index is 0.000000207. The van der Waals surface area contributed by atoms with Crippen LogP contribution in [0.2, 0.25) is 0 Å². The number of carboxylic acids is 1. The van der Waals surface area contributed by atoms with Crippen molar-refractivity contribution >= 4 is 50.7 Å². The first-order valence-electron chi connectivity index (χ1n) is 23.1. The average Bonchev–Trinajstić information content (AvgIpc) is 3.36. The van der Waals surface area contributed by atoms with Gasteiger partial charge < -0.3 is 44.2 Å². The number of para-hydroxylation sites is 2. The second-order valence-electron chi connectivity index (χ2n) is 16.0. The zero-order valence-corrected chi connectivity index (χ0v) is 39.4. The maximum Gasteiger partial charge on any atom is 0.337 e. The highest BCUT2D eigenvalue weighted by Gasteiger charge is 2.13. The quantitative estimate of drug-likeness (QED) is 0.0594. The summed E-state index contributed by atoms with van der Waals surface area (Å²) in [5, 5.41) is 19.1. The summed E-state index contributed by atoms with van der Waals surface area (Å²) in [6.07, 6.45) is 0.415. The maximum absolute atomic E-state index is 12.4. The fourth-order valence-corrected chi connectivity index (χ4v) is 7.31. The van der Waals surface area contributed by atoms with E-state index in [0.717, 1.165) is 66.9 Å². The number of hydrogen-bond donors (Lipinski definition) is 3. The summed E-state index contributed by atoms with van der Waals surface area (Å²) in [6.45, 7) is 9.44. The lowest BCUT2D eigenvalue weighted by atomic mass is 10.1. The number of aromatic carboxylic acids is 1. The van der Waals surface area contributed by atoms with Gasteiger partial charge in [-0.25, -0.2) is 4.79 Å². The Hall–Kier alpha value is -8.19. The molecule has 8 aromatic rings. The Morgan fingerprint density at radius 2 is 0.829 bits per heavy atom. The molecule has 0 aliphatic carbocycles. The summed E-state index contributed by atoms with van der Waals surface area (Å²) >= 11 is 0. The second kappa shape index (κ2) is 25.3. The summed E-state index contributed by atoms with van der Waals surface area (Å²) in [7, 11) is 0. The topological polar surface area (TPSA) is 151 Å². The van der Waals surface area contributed by atoms with Crippen LogP contribution in [0.4, 0.5) is 11.4 Å². The highest BCUT2D eigenvalue weighted by Crippen LogP contribution is 2.30. The van der Waals surface area contributed by atoms with E-state index in [1.165, 1.54) is 6.07 Å². The predicted octanol–water partition coefficient (Wildman–Crippen LogP) is 12.5. The predicted molar refractivity (Wildman–Crippen MR) is 274 cm³/mol. The number of nitrogens with one attached hydrogen (secondary N) is 2. The third-order valence-corrected chi connectivity index (χ3v) is 10.9. The van der Waals surface area contributed by atoms with Crippen LogP contribution in [0.25, 0.3) is 21.5 Å². The van der Waals surface area contributed by atoms with Crippen LogP contribution in [0.1, 0.15) is 40.9 Å². The lowest BCUT2D eigenvalue weighted by Crippen LogP contribution is -2.16. The number of rotatable bonds is 21. The molecule has 2 amide bonds. The van der Waals surface area contributed by atoms with Gasteiger partial charge in [0, 0.05) is 18.9 Å². The molecule has 12 nitrogen and oxygen atoms in total. The number of ether oxygens (including phenoxy) is 6. The number of fused-ring (bicyclic) bond motifs is 2. The fraction of sp³-hybridized carbons (Fsp3) is 0.190. The molecule has 8 aromatic carbocycles. The van der Waals surface area contributed by atoms with E-state index in [-0.39, 0.29) is 29.5 Å². The normalized spacial score (nSPS) is 10.7. The van der Waals surface area contributed by atoms with Crippen LogP contribution < -0.4 is 29.6 Å². The third-order valence-electron chi connectivity index (χ3n) is 10.9. The molecule has 0 bridgehead atoms. The number of carboxylic acid groups (broad SMARTS) is 1. The van der Waals surface area contributed by atoms with Crippen LogP contribution in [-0.2, 0) is 31.9 Å². The van der Waals surface area contributed by atoms with Gasteiger partial charge in [-0.05, 0) is 150 Å². The summed E-state index contributed by atoms with van der Waals surface area (Å²) in [4.78, 5) is 36.1. The molecule has 0 saturated carbocycles. The maximum atomic E-state index is 12.4. The molecule has 0 spiro atoms. The van der Waals surface area contributed by atoms with Crippen molar-refractivity contribution in [1.29, 1.82) is 0 Å². The largest absolute Gasteiger partial charge is 0.491 e. The molecule has 0 radical (unpaired) electrons. The standard InChI is InChI=1S/C29H27NO6.C29H29NO4/c1-2-34-15-16-35-24-13-9-22-19-25(14-10-21(22)18-24)36-23-11-7-20(8-12-23)17-28(31)30-27-6-4-3-5-26(27)29(32)33;1-3-32-16-17-33-26-14-10-24-20-27(15-11-23(24)19-26)34-25-12-8-22(9-13-25)18-29(31)30-28-7-5-4-6-21(28)2/h3-14,18-19H,2,15-17H2,1H3,(H,30,31)(H,32,33);4-15,19-20H,3,16-18H2,1-2H3,(H,30,31). The minimum atomic E-state index is -1.09. The molecular weight excluding hydrogens is 885 g/mol. The fourth-order valence-electron chi connectivity index (χ4n) is 7.31. The van der Waals surface area contributed by atoms with E-state index in [0.29, 0.717) is 57.6 Å². The summed E-state index contributed by atoms with van der Waals surface area (Å²) in [5.41, 5.74) is 3.91. The van der Waals surface area contributed by atoms with Crippen LogP contribution in [0.5, 0.6) is 34.5 Å². The number of anilines is 2. The Morgan fingerprint density at radius 1 is 0.443 bits per heavy atom. The molecule has 12 heteroatoms. The number of hydrogen-bond acceptors (Lipinski definition) is 9. The SMILES string of the molecule is CCOCCOc1ccc2cc(Oc3ccc(CC(=O)Nc4ccccc4C(=O)O)cc3)ccc2c1.CCOCCOc1ccc2cc(Oc3ccc(CC(=O)Nc4ccccc4C)cc3)ccc2c1. The van der Waals surface area contributed by atoms with E-state index in [1.54, 1.807) is 30.3 Å². The number of benzene rings is 8. The van der Waals surface area contributed by atoms with Crippen molar-refractivity contribution in [2.24, 2.45) is 0 Å². The second-order valence-corrected chi connectivity index (χ2v) is 16.0. The smallest absolute Gasteiger partial charge is 0.337 e. The van der Waals surface area contributed by atoms with Gasteiger partial charge in [-0.15, -0.1) is 0 Å². The average molecular weight is 941 g/mol. The molecule has 0 aromatic heterocycles. The molecule has 70 heavy (non-hydrogen) atoms. The van der Waals surface area contributed by atoms with Crippen LogP contribution in [0, 0.1) is 6.92 Å². The van der Waals surface area contributed by atoms with Crippen molar-refractivity contribution in [1.82, 2.24) is 0 Å². The minimum absolute atomic E-state index is 0.0428. The van der Waals surface area contributed by atoms with Crippen LogP contribution in [0.15, 0.2) is 170 Å². The molecule has 0 atom stereocenters. The number of carbonyl (C=O) groups is 3. The Bertz CT molecular complexity index is 3010. The van der Waals surface area contributed by atoms with Gasteiger partial charge in [0.15, 0.2) is 0 Å². The van der Waals surface area contributed by atoms with Crippen molar-refractivity contribution in [2.45, 2.75) is 33.6 Å². The lowest BCUT2D eigenvalue weighted by Gasteiger charge is -2.10. The summed E-state index contributed by atoms with van der Waals surface area (Å²) in [5.74, 6) is 3.00. The number of aryl methyl sites for hydroxylation is 1. The summed E-state index contributed by atoms with van der Waals surface area (Å²) in [6, 6.07) is 52.6. The van der Waals surface area contributed by atoms with Gasteiger partial charge in [-0.3, -0.25) is 9.59 Å². The van der Waals surface area contributed by atoms with E-state index < -0.39 is 5.97 Å². The van der Waals surface area contributed by atoms with E-state index >= 15 is 0 Å². The molecule has 3 N–H and O–H groups in total. The van der Waals surface area contributed by atoms with Crippen molar-refractivity contribution < 1.29 is 47.9 Å². The van der Waals surface area contributed by atoms with Gasteiger partial charge in [-0.2, -0.15) is 0 Å². The highest BCUT2D eigenvalue weighted by molar-refractivity contribution is 6.01. The Kier molecular flexibility index (Phi) is 17.9. The van der Waals surface area contributed by atoms with E-state index in [2.05, 4.69) is 10.6 Å². The molecular formula is C58H56N2O10. The van der Waals surface area contributed by atoms with Crippen molar-refractivity contribution in [3.05, 3.63) is 192 Å². The van der Waals surface area contributed by atoms with Gasteiger partial charge in [0.1, 0.15) is 47.7 Å². The molecule has 358 valence electrons. The number of carbonyl (C=O) groups excluding carboxylic acids is 2. The number of amides is 2. The first-order chi connectivity index (χ1) is 34.1. The molecule has 0 saturated heterocycles. The van der Waals surface area contributed by atoms with E-state index in [9.17, 15) is 19.5 Å². The van der Waals surface area contributed by atoms with Gasteiger partial charge in [0.05, 0.1) is 37.3 Å². The molecule has 0 aliphatic heterocycles. The van der Waals surface area contributed by atoms with E-state index in [1.807, 2.05) is 154 Å². The molecule has 0 aliphatic rings. The first-order valence-corrected chi connectivity index (χ1v) is 23.1. The Morgan fingerprint density at radius 3 is 1.27 bits per heavy atom. The molecule has 8 rings (SSSR count). The molecule has 0 heterocycles. The zero-order valence-electron chi connectivity index (χ0n) is 39.4. The zero-order chi connectivity index (χ0) is 49.1. The highest BCUT2D eigenvalue weighted by atomic mass is 16.5. The lowest BCUT2D eigenvalue weighted by molar-refractivity contribution is -0.116. The Labute approximate surface area is 407 Å². The molecule has 0 fully saturated rings. The van der Waals surface area contributed by atoms with Gasteiger partial charge in [0.25, 0.3) is 0 Å². The van der Waals surface area contributed by atoms with Crippen LogP contribution in [0.3, 0.4) is 0 Å². The van der Waals surface area contributed by atoms with Gasteiger partial charge in [0.2, 0.25) is 11.8 Å². The molecule has 0 unspecified atom stereocenters. The van der Waals surface area contributed by atoms with Crippen LogP contribution >= 0.6 is 0 Å². The van der Waals surface area contributed by atoms with Crippen molar-refractivity contribution in [3.8, 4) is 34.5 Å². The first kappa shape index (κ1) is 49.7. The van der Waals surface area contributed by atoms with Crippen LogP contribution in [-0.4, -0.2) is 62.5 Å². The third kappa shape index (κ3) is 14.9. The minimum Gasteiger partial charge on any atom is -0.491 e. The van der Waals surface area contributed by atoms with Crippen molar-refractivity contribution in [2.75, 3.05) is 50.3 Å². The van der Waals surface area contributed by atoms with Gasteiger partial charge in [-0.1, -0.05) is 78.9 Å². The van der Waals surface area contributed by atoms with Crippen molar-refractivity contribution in [3.63, 3.8) is 0 Å². The monoisotopic (exact) mass is 940 g/mol. The van der Waals surface area contributed by atoms with Gasteiger partial charge >= 0.3 is 5.97 Å². The summed E-state index contributed by atoms with van der Waals surface area (Å²) < 4.78 is 34.1. The van der Waals surface area contributed by atoms with E-state index in [4.69, 9.17) is 28.4 Å².